The van der Waals surface area contributed by atoms with Crippen molar-refractivity contribution in [3.05, 3.63) is 60.4 Å². The lowest BCUT2D eigenvalue weighted by molar-refractivity contribution is -0.130. The number of fused-ring (bicyclic) bond motifs is 1. The standard InChI is InChI=1S/C23H28N4O3/c1-3-4-14-26(2)23(29)16-27-20-13-9-8-12-19(20)25-21(27)15-24-22(28)17-30-18-10-6-5-7-11-18/h5-13H,3-4,14-17H2,1-2H3,(H,24,28). The van der Waals surface area contributed by atoms with Crippen molar-refractivity contribution in [1.82, 2.24) is 19.8 Å². The van der Waals surface area contributed by atoms with Gasteiger partial charge in [-0.15, -0.1) is 0 Å². The van der Waals surface area contributed by atoms with Gasteiger partial charge in [-0.05, 0) is 30.7 Å². The third-order valence-electron chi connectivity index (χ3n) is 4.86. The molecule has 7 nitrogen and oxygen atoms in total. The van der Waals surface area contributed by atoms with Crippen molar-refractivity contribution >= 4 is 22.8 Å². The molecule has 2 amide bonds. The average molecular weight is 409 g/mol. The fourth-order valence-electron chi connectivity index (χ4n) is 3.11. The van der Waals surface area contributed by atoms with Gasteiger partial charge < -0.3 is 19.5 Å². The second kappa shape index (κ2) is 10.4. The van der Waals surface area contributed by atoms with Gasteiger partial charge >= 0.3 is 0 Å². The SMILES string of the molecule is CCCCN(C)C(=O)Cn1c(CNC(=O)COc2ccccc2)nc2ccccc21. The molecule has 1 heterocycles. The molecular weight excluding hydrogens is 380 g/mol. The largest absolute Gasteiger partial charge is 0.484 e. The molecule has 30 heavy (non-hydrogen) atoms. The number of nitrogens with one attached hydrogen (secondary N) is 1. The van der Waals surface area contributed by atoms with Crippen LogP contribution in [0.4, 0.5) is 0 Å². The molecule has 0 aliphatic heterocycles. The molecule has 0 aliphatic carbocycles. The van der Waals surface area contributed by atoms with Gasteiger partial charge in [0.2, 0.25) is 5.91 Å². The molecule has 3 aromatic rings. The van der Waals surface area contributed by atoms with Crippen LogP contribution < -0.4 is 10.1 Å². The van der Waals surface area contributed by atoms with Crippen molar-refractivity contribution < 1.29 is 14.3 Å². The van der Waals surface area contributed by atoms with E-state index in [0.29, 0.717) is 11.6 Å². The molecule has 1 N–H and O–H groups in total. The van der Waals surface area contributed by atoms with Crippen molar-refractivity contribution in [2.75, 3.05) is 20.2 Å². The van der Waals surface area contributed by atoms with E-state index in [1.54, 1.807) is 17.0 Å². The highest BCUT2D eigenvalue weighted by molar-refractivity contribution is 5.81. The van der Waals surface area contributed by atoms with Gasteiger partial charge in [0.05, 0.1) is 17.6 Å². The number of hydrogen-bond donors (Lipinski definition) is 1. The quantitative estimate of drug-likeness (QED) is 0.560. The lowest BCUT2D eigenvalue weighted by atomic mass is 10.3. The minimum Gasteiger partial charge on any atom is -0.484 e. The van der Waals surface area contributed by atoms with Crippen LogP contribution in [0.1, 0.15) is 25.6 Å². The summed E-state index contributed by atoms with van der Waals surface area (Å²) in [6.45, 7) is 3.15. The molecule has 0 atom stereocenters. The number of para-hydroxylation sites is 3. The molecule has 7 heteroatoms. The molecule has 1 aromatic heterocycles. The van der Waals surface area contributed by atoms with Crippen LogP contribution in [0, 0.1) is 0 Å². The highest BCUT2D eigenvalue weighted by atomic mass is 16.5. The zero-order valence-corrected chi connectivity index (χ0v) is 17.5. The average Bonchev–Trinajstić information content (AvgIpc) is 3.12. The predicted molar refractivity (Wildman–Crippen MR) is 116 cm³/mol. The zero-order chi connectivity index (χ0) is 21.3. The molecule has 0 bridgehead atoms. The summed E-state index contributed by atoms with van der Waals surface area (Å²) in [5, 5.41) is 2.84. The second-order valence-corrected chi connectivity index (χ2v) is 7.15. The second-order valence-electron chi connectivity index (χ2n) is 7.15. The van der Waals surface area contributed by atoms with Crippen LogP contribution in [0.5, 0.6) is 5.75 Å². The van der Waals surface area contributed by atoms with Crippen molar-refractivity contribution in [3.8, 4) is 5.75 Å². The van der Waals surface area contributed by atoms with E-state index >= 15 is 0 Å². The Morgan fingerprint density at radius 3 is 2.60 bits per heavy atom. The Hall–Kier alpha value is -3.35. The number of ether oxygens (including phenoxy) is 1. The van der Waals surface area contributed by atoms with E-state index < -0.39 is 0 Å². The number of aromatic nitrogens is 2. The Kier molecular flexibility index (Phi) is 7.43. The summed E-state index contributed by atoms with van der Waals surface area (Å²) in [5.74, 6) is 1.05. The molecule has 0 saturated carbocycles. The van der Waals surface area contributed by atoms with Crippen LogP contribution in [0.3, 0.4) is 0 Å². The van der Waals surface area contributed by atoms with E-state index in [4.69, 9.17) is 4.74 Å². The fourth-order valence-corrected chi connectivity index (χ4v) is 3.11. The van der Waals surface area contributed by atoms with Crippen LogP contribution in [0.15, 0.2) is 54.6 Å². The first-order chi connectivity index (χ1) is 14.6. The Balaban J connectivity index is 1.66. The molecular formula is C23H28N4O3. The van der Waals surface area contributed by atoms with Gasteiger partial charge in [-0.3, -0.25) is 9.59 Å². The van der Waals surface area contributed by atoms with Gasteiger partial charge in [-0.25, -0.2) is 4.98 Å². The first kappa shape index (κ1) is 21.4. The Bertz CT molecular complexity index is 985. The summed E-state index contributed by atoms with van der Waals surface area (Å²) in [5.41, 5.74) is 1.67. The molecule has 158 valence electrons. The first-order valence-electron chi connectivity index (χ1n) is 10.2. The van der Waals surface area contributed by atoms with Gasteiger partial charge in [-0.1, -0.05) is 43.7 Å². The Morgan fingerprint density at radius 1 is 1.10 bits per heavy atom. The number of rotatable bonds is 10. The van der Waals surface area contributed by atoms with Gasteiger partial charge in [0.1, 0.15) is 18.1 Å². The number of amides is 2. The predicted octanol–water partition coefficient (Wildman–Crippen LogP) is 2.99. The number of nitrogens with zero attached hydrogens (tertiary/aromatic N) is 3. The number of hydrogen-bond acceptors (Lipinski definition) is 4. The fraction of sp³-hybridized carbons (Fsp3) is 0.348. The van der Waals surface area contributed by atoms with Crippen LogP contribution in [-0.2, 0) is 22.7 Å². The first-order valence-corrected chi connectivity index (χ1v) is 10.2. The maximum Gasteiger partial charge on any atom is 0.258 e. The zero-order valence-electron chi connectivity index (χ0n) is 17.5. The Labute approximate surface area is 176 Å². The normalized spacial score (nSPS) is 10.7. The maximum absolute atomic E-state index is 12.7. The van der Waals surface area contributed by atoms with E-state index in [1.165, 1.54) is 0 Å². The van der Waals surface area contributed by atoms with Crippen LogP contribution in [0.25, 0.3) is 11.0 Å². The molecule has 0 unspecified atom stereocenters. The van der Waals surface area contributed by atoms with Crippen molar-refractivity contribution in [1.29, 1.82) is 0 Å². The van der Waals surface area contributed by atoms with Gasteiger partial charge in [0, 0.05) is 13.6 Å². The minimum absolute atomic E-state index is 0.0200. The van der Waals surface area contributed by atoms with E-state index in [2.05, 4.69) is 17.2 Å². The van der Waals surface area contributed by atoms with Crippen LogP contribution >= 0.6 is 0 Å². The van der Waals surface area contributed by atoms with Gasteiger partial charge in [0.15, 0.2) is 6.61 Å². The highest BCUT2D eigenvalue weighted by Gasteiger charge is 2.16. The number of carbonyl (C=O) groups excluding carboxylic acids is 2. The number of benzene rings is 2. The molecule has 0 saturated heterocycles. The molecule has 0 spiro atoms. The summed E-state index contributed by atoms with van der Waals surface area (Å²) in [6, 6.07) is 16.9. The molecule has 3 rings (SSSR count). The summed E-state index contributed by atoms with van der Waals surface area (Å²) in [6.07, 6.45) is 2.01. The van der Waals surface area contributed by atoms with E-state index in [0.717, 1.165) is 30.4 Å². The minimum atomic E-state index is -0.246. The van der Waals surface area contributed by atoms with Crippen LogP contribution in [0.2, 0.25) is 0 Å². The van der Waals surface area contributed by atoms with Crippen molar-refractivity contribution in [2.45, 2.75) is 32.9 Å². The topological polar surface area (TPSA) is 76.5 Å². The third-order valence-corrected chi connectivity index (χ3v) is 4.86. The van der Waals surface area contributed by atoms with E-state index in [1.807, 2.05) is 54.1 Å². The number of imidazole rings is 1. The molecule has 0 radical (unpaired) electrons. The van der Waals surface area contributed by atoms with Crippen molar-refractivity contribution in [2.24, 2.45) is 0 Å². The van der Waals surface area contributed by atoms with E-state index in [-0.39, 0.29) is 31.5 Å². The monoisotopic (exact) mass is 408 g/mol. The summed E-state index contributed by atoms with van der Waals surface area (Å²) in [7, 11) is 1.82. The number of unbranched alkanes of at least 4 members (excludes halogenated alkanes) is 1. The van der Waals surface area contributed by atoms with Gasteiger partial charge in [0.25, 0.3) is 5.91 Å². The lowest BCUT2D eigenvalue weighted by Gasteiger charge is -2.18. The Morgan fingerprint density at radius 2 is 1.83 bits per heavy atom. The highest BCUT2D eigenvalue weighted by Crippen LogP contribution is 2.16. The number of carbonyl (C=O) groups is 2. The summed E-state index contributed by atoms with van der Waals surface area (Å²) >= 11 is 0. The number of likely N-dealkylation sites (N-methyl/N-ethyl adjacent to an activating group) is 1. The molecule has 2 aromatic carbocycles. The lowest BCUT2D eigenvalue weighted by Crippen LogP contribution is -2.33. The maximum atomic E-state index is 12.7. The smallest absolute Gasteiger partial charge is 0.258 e. The van der Waals surface area contributed by atoms with Crippen molar-refractivity contribution in [3.63, 3.8) is 0 Å². The van der Waals surface area contributed by atoms with Gasteiger partial charge in [-0.2, -0.15) is 0 Å². The molecule has 0 fully saturated rings. The third kappa shape index (κ3) is 5.59. The van der Waals surface area contributed by atoms with E-state index in [9.17, 15) is 9.59 Å². The van der Waals surface area contributed by atoms with Crippen LogP contribution in [-0.4, -0.2) is 46.5 Å². The summed E-state index contributed by atoms with van der Waals surface area (Å²) < 4.78 is 7.35. The summed E-state index contributed by atoms with van der Waals surface area (Å²) in [4.78, 5) is 31.3. The molecule has 0 aliphatic rings.